The molecule has 0 amide bonds. The molecular weight excluding hydrogens is 765 g/mol. The monoisotopic (exact) mass is 797 g/mol. The van der Waals surface area contributed by atoms with E-state index in [1.54, 1.807) is 0 Å². The van der Waals surface area contributed by atoms with E-state index >= 15 is 0 Å². The molecule has 0 saturated heterocycles. The van der Waals surface area contributed by atoms with Gasteiger partial charge in [0.15, 0.2) is 0 Å². The smallest absolute Gasteiger partial charge is 0.371 e. The van der Waals surface area contributed by atoms with Crippen LogP contribution in [0.25, 0.3) is 32.7 Å². The van der Waals surface area contributed by atoms with Gasteiger partial charge < -0.3 is 10.6 Å². The molecular formula is C48H33F6N3O2. The molecule has 0 aliphatic carbocycles. The third kappa shape index (κ3) is 7.01. The Morgan fingerprint density at radius 2 is 0.966 bits per heavy atom. The molecule has 2 N–H and O–H groups in total. The Bertz CT molecular complexity index is 2820. The number of nitrogens with zero attached hydrogens (tertiary/aromatic N) is 1. The fraction of sp³-hybridized carbons (Fsp3) is 0.125. The highest BCUT2D eigenvalue weighted by molar-refractivity contribution is 6.08. The summed E-state index contributed by atoms with van der Waals surface area (Å²) in [5.74, 6) is 0. The highest BCUT2D eigenvalue weighted by Crippen LogP contribution is 2.47. The van der Waals surface area contributed by atoms with Gasteiger partial charge >= 0.3 is 12.4 Å². The van der Waals surface area contributed by atoms with E-state index in [4.69, 9.17) is 0 Å². The van der Waals surface area contributed by atoms with Gasteiger partial charge in [0.2, 0.25) is 0 Å². The zero-order chi connectivity index (χ0) is 41.1. The number of alkyl halides is 6. The summed E-state index contributed by atoms with van der Waals surface area (Å²) in [6, 6.07) is 43.5. The van der Waals surface area contributed by atoms with Crippen molar-refractivity contribution in [3.63, 3.8) is 0 Å². The van der Waals surface area contributed by atoms with Crippen LogP contribution in [0.4, 0.5) is 43.4 Å². The van der Waals surface area contributed by atoms with E-state index in [-0.39, 0.29) is 11.8 Å². The fourth-order valence-corrected chi connectivity index (χ4v) is 8.42. The average Bonchev–Trinajstić information content (AvgIpc) is 3.41. The predicted molar refractivity (Wildman–Crippen MR) is 219 cm³/mol. The number of hydrogen-bond acceptors (Lipinski definition) is 5. The first-order chi connectivity index (χ1) is 28.3. The number of rotatable bonds is 8. The van der Waals surface area contributed by atoms with E-state index in [9.17, 15) is 35.9 Å². The van der Waals surface area contributed by atoms with Gasteiger partial charge in [0, 0.05) is 18.8 Å². The topological polar surface area (TPSA) is 61.4 Å². The lowest BCUT2D eigenvalue weighted by atomic mass is 9.88. The van der Waals surface area contributed by atoms with Gasteiger partial charge in [0.25, 0.3) is 10.9 Å². The van der Waals surface area contributed by atoms with Gasteiger partial charge in [0.05, 0.1) is 23.2 Å². The second-order valence-corrected chi connectivity index (χ2v) is 14.8. The van der Waals surface area contributed by atoms with Crippen molar-refractivity contribution in [3.8, 4) is 11.1 Å². The Morgan fingerprint density at radius 1 is 0.508 bits per heavy atom. The fourth-order valence-electron chi connectivity index (χ4n) is 8.42. The summed E-state index contributed by atoms with van der Waals surface area (Å²) in [7, 11) is 0. The third-order valence-electron chi connectivity index (χ3n) is 11.1. The number of benzene rings is 7. The van der Waals surface area contributed by atoms with E-state index in [1.165, 1.54) is 0 Å². The molecule has 0 spiro atoms. The Labute approximate surface area is 333 Å². The van der Waals surface area contributed by atoms with Gasteiger partial charge in [-0.25, -0.2) is 0 Å². The average molecular weight is 798 g/mol. The van der Waals surface area contributed by atoms with E-state index in [2.05, 4.69) is 64.1 Å². The highest BCUT2D eigenvalue weighted by atomic mass is 19.4. The van der Waals surface area contributed by atoms with Crippen LogP contribution < -0.4 is 21.5 Å². The first kappa shape index (κ1) is 37.8. The summed E-state index contributed by atoms with van der Waals surface area (Å²) in [6.07, 6.45) is -10.2. The molecule has 2 unspecified atom stereocenters. The summed E-state index contributed by atoms with van der Waals surface area (Å²) < 4.78 is 82.8. The van der Waals surface area contributed by atoms with Crippen molar-refractivity contribution < 1.29 is 26.3 Å². The molecule has 294 valence electrons. The molecule has 59 heavy (non-hydrogen) atoms. The van der Waals surface area contributed by atoms with Crippen LogP contribution in [0.5, 0.6) is 0 Å². The molecule has 1 aliphatic heterocycles. The molecule has 11 heteroatoms. The zero-order valence-electron chi connectivity index (χ0n) is 31.0. The Balaban J connectivity index is 1.20. The molecule has 8 aromatic carbocycles. The van der Waals surface area contributed by atoms with Crippen LogP contribution in [0.15, 0.2) is 161 Å². The van der Waals surface area contributed by atoms with Crippen molar-refractivity contribution in [2.75, 3.05) is 10.6 Å². The minimum atomic E-state index is -5.11. The summed E-state index contributed by atoms with van der Waals surface area (Å²) in [6.45, 7) is 0.907. The molecule has 0 saturated carbocycles. The molecule has 1 aliphatic rings. The van der Waals surface area contributed by atoms with Crippen LogP contribution in [-0.4, -0.2) is 4.90 Å². The molecule has 9 rings (SSSR count). The van der Waals surface area contributed by atoms with Crippen molar-refractivity contribution in [1.29, 1.82) is 0 Å². The number of hydrogen-bond donors (Lipinski definition) is 2. The van der Waals surface area contributed by atoms with Crippen molar-refractivity contribution in [2.24, 2.45) is 0 Å². The Morgan fingerprint density at radius 3 is 1.47 bits per heavy atom. The second kappa shape index (κ2) is 14.6. The second-order valence-electron chi connectivity index (χ2n) is 14.8. The molecule has 0 radical (unpaired) electrons. The largest absolute Gasteiger partial charge is 0.416 e. The molecule has 0 aromatic heterocycles. The van der Waals surface area contributed by atoms with E-state index in [0.29, 0.717) is 25.2 Å². The molecule has 0 fully saturated rings. The highest BCUT2D eigenvalue weighted by Gasteiger charge is 2.39. The molecule has 2 atom stereocenters. The third-order valence-corrected chi connectivity index (χ3v) is 11.1. The standard InChI is InChI=1S/C48H33F6N3O2/c49-47(50,51)34-23-35(48(52,53)54)25-36(24-34)55-42-43(46(59)45(42)58)56-41(30-13-3-1-4-14-30)44(31-15-5-2-6-16-31)57-26-32-21-19-28-11-7-9-17-37(28)39(32)40-33(27-57)22-20-29-12-8-10-18-38(29)40/h1-25,41,44,55-56H,26-27H2. The quantitative estimate of drug-likeness (QED) is 0.118. The SMILES string of the molecule is O=c1c(Nc2cc(C(F)(F)F)cc(C(F)(F)F)c2)c(NC(c2ccccc2)C(c2ccccc2)N2Cc3ccc4ccccc4c3-c3c(ccc4ccccc34)C2)c1=O. The first-order valence-corrected chi connectivity index (χ1v) is 18.9. The first-order valence-electron chi connectivity index (χ1n) is 18.9. The Kier molecular flexibility index (Phi) is 9.35. The van der Waals surface area contributed by atoms with Crippen LogP contribution in [0.1, 0.15) is 45.5 Å². The number of nitrogens with one attached hydrogen (secondary N) is 2. The van der Waals surface area contributed by atoms with Gasteiger partial charge in [-0.2, -0.15) is 26.3 Å². The molecule has 8 aromatic rings. The number of anilines is 3. The maximum Gasteiger partial charge on any atom is 0.416 e. The lowest BCUT2D eigenvalue weighted by Gasteiger charge is -2.39. The van der Waals surface area contributed by atoms with Crippen molar-refractivity contribution in [1.82, 2.24) is 4.90 Å². The summed E-state index contributed by atoms with van der Waals surface area (Å²) >= 11 is 0. The molecule has 1 heterocycles. The van der Waals surface area contributed by atoms with Crippen molar-refractivity contribution in [3.05, 3.63) is 205 Å². The summed E-state index contributed by atoms with van der Waals surface area (Å²) in [5, 5.41) is 10.1. The normalized spacial score (nSPS) is 14.4. The maximum atomic E-state index is 13.8. The lowest BCUT2D eigenvalue weighted by Crippen LogP contribution is -2.41. The van der Waals surface area contributed by atoms with E-state index in [1.807, 2.05) is 84.9 Å². The van der Waals surface area contributed by atoms with Crippen LogP contribution in [0, 0.1) is 0 Å². The van der Waals surface area contributed by atoms with Gasteiger partial charge in [0.1, 0.15) is 11.4 Å². The number of fused-ring (bicyclic) bond motifs is 7. The van der Waals surface area contributed by atoms with Crippen LogP contribution >= 0.6 is 0 Å². The van der Waals surface area contributed by atoms with Crippen molar-refractivity contribution >= 4 is 38.6 Å². The van der Waals surface area contributed by atoms with E-state index in [0.717, 1.165) is 54.9 Å². The van der Waals surface area contributed by atoms with Crippen LogP contribution in [0.2, 0.25) is 0 Å². The predicted octanol–water partition coefficient (Wildman–Crippen LogP) is 11.9. The zero-order valence-corrected chi connectivity index (χ0v) is 31.0. The van der Waals surface area contributed by atoms with Gasteiger partial charge in [-0.1, -0.05) is 133 Å². The summed E-state index contributed by atoms with van der Waals surface area (Å²) in [4.78, 5) is 28.9. The van der Waals surface area contributed by atoms with Gasteiger partial charge in [-0.05, 0) is 73.1 Å². The minimum Gasteiger partial charge on any atom is -0.371 e. The Hall–Kier alpha value is -6.72. The van der Waals surface area contributed by atoms with Crippen LogP contribution in [-0.2, 0) is 25.4 Å². The van der Waals surface area contributed by atoms with Crippen LogP contribution in [0.3, 0.4) is 0 Å². The minimum absolute atomic E-state index is 0.00542. The van der Waals surface area contributed by atoms with Crippen molar-refractivity contribution in [2.45, 2.75) is 37.5 Å². The van der Waals surface area contributed by atoms with E-state index < -0.39 is 57.8 Å². The summed E-state index contributed by atoms with van der Waals surface area (Å²) in [5.41, 5.74) is -0.522. The molecule has 0 bridgehead atoms. The molecule has 5 nitrogen and oxygen atoms in total. The maximum absolute atomic E-state index is 13.8. The van der Waals surface area contributed by atoms with Gasteiger partial charge in [-0.15, -0.1) is 0 Å². The lowest BCUT2D eigenvalue weighted by molar-refractivity contribution is -0.143. The van der Waals surface area contributed by atoms with Gasteiger partial charge in [-0.3, -0.25) is 14.5 Å². The number of halogens is 6.